The van der Waals surface area contributed by atoms with Crippen LogP contribution in [-0.4, -0.2) is 22.7 Å². The lowest BCUT2D eigenvalue weighted by Crippen LogP contribution is -2.04. The number of aromatic nitrogens is 2. The molecule has 0 aliphatic carbocycles. The van der Waals surface area contributed by atoms with Crippen LogP contribution in [0.2, 0.25) is 0 Å². The molecule has 0 saturated carbocycles. The molecule has 5 nitrogen and oxygen atoms in total. The van der Waals surface area contributed by atoms with Crippen molar-refractivity contribution in [1.82, 2.24) is 10.1 Å². The number of rotatable bonds is 3. The zero-order chi connectivity index (χ0) is 10.7. The summed E-state index contributed by atoms with van der Waals surface area (Å²) in [6.45, 7) is 2.06. The molecule has 0 aliphatic rings. The van der Waals surface area contributed by atoms with E-state index in [1.807, 2.05) is 12.1 Å². The monoisotopic (exact) mass is 206 g/mol. The molecule has 0 fully saturated rings. The summed E-state index contributed by atoms with van der Waals surface area (Å²) in [6.07, 6.45) is 1.77. The van der Waals surface area contributed by atoms with Crippen molar-refractivity contribution in [3.05, 3.63) is 30.1 Å². The lowest BCUT2D eigenvalue weighted by atomic mass is 10.3. The molecule has 2 rings (SSSR count). The molecule has 2 aromatic heterocycles. The predicted octanol–water partition coefficient (Wildman–Crippen LogP) is 1.85. The van der Waals surface area contributed by atoms with Gasteiger partial charge in [-0.25, -0.2) is 4.79 Å². The average molecular weight is 206 g/mol. The number of hydrogen-bond donors (Lipinski definition) is 1. The normalized spacial score (nSPS) is 10.2. The standard InChI is InChI=1S/C10H10N2O3/c1-2-14-10(13)8-6-9(15-12-8)7-4-3-5-11-7/h3-6,11H,2H2,1H3. The van der Waals surface area contributed by atoms with Crippen molar-refractivity contribution in [3.8, 4) is 11.5 Å². The quantitative estimate of drug-likeness (QED) is 0.778. The van der Waals surface area contributed by atoms with Crippen molar-refractivity contribution in [3.63, 3.8) is 0 Å². The number of esters is 1. The molecule has 0 unspecified atom stereocenters. The molecule has 2 aromatic rings. The van der Waals surface area contributed by atoms with E-state index in [-0.39, 0.29) is 5.69 Å². The summed E-state index contributed by atoms with van der Waals surface area (Å²) in [4.78, 5) is 14.2. The minimum atomic E-state index is -0.473. The summed E-state index contributed by atoms with van der Waals surface area (Å²) in [6, 6.07) is 5.21. The van der Waals surface area contributed by atoms with Crippen LogP contribution in [0.15, 0.2) is 28.9 Å². The van der Waals surface area contributed by atoms with E-state index < -0.39 is 5.97 Å². The van der Waals surface area contributed by atoms with Gasteiger partial charge in [-0.1, -0.05) is 5.16 Å². The first-order valence-corrected chi connectivity index (χ1v) is 4.59. The summed E-state index contributed by atoms with van der Waals surface area (Å²) >= 11 is 0. The van der Waals surface area contributed by atoms with E-state index in [2.05, 4.69) is 10.1 Å². The van der Waals surface area contributed by atoms with Crippen LogP contribution < -0.4 is 0 Å². The maximum absolute atomic E-state index is 11.3. The first kappa shape index (κ1) is 9.51. The number of nitrogens with zero attached hydrogens (tertiary/aromatic N) is 1. The van der Waals surface area contributed by atoms with E-state index >= 15 is 0 Å². The number of hydrogen-bond acceptors (Lipinski definition) is 4. The highest BCUT2D eigenvalue weighted by Gasteiger charge is 2.14. The number of H-pyrrole nitrogens is 1. The molecule has 2 heterocycles. The van der Waals surface area contributed by atoms with Crippen LogP contribution in [0.3, 0.4) is 0 Å². The number of aromatic amines is 1. The van der Waals surface area contributed by atoms with Gasteiger partial charge in [-0.2, -0.15) is 0 Å². The number of ether oxygens (including phenoxy) is 1. The Balaban J connectivity index is 2.21. The Bertz CT molecular complexity index is 445. The van der Waals surface area contributed by atoms with Crippen molar-refractivity contribution in [2.45, 2.75) is 6.92 Å². The van der Waals surface area contributed by atoms with E-state index in [1.165, 1.54) is 0 Å². The molecule has 0 amide bonds. The molecular weight excluding hydrogens is 196 g/mol. The Morgan fingerprint density at radius 2 is 2.53 bits per heavy atom. The fourth-order valence-electron chi connectivity index (χ4n) is 1.19. The van der Waals surface area contributed by atoms with Gasteiger partial charge < -0.3 is 14.2 Å². The lowest BCUT2D eigenvalue weighted by Gasteiger charge is -1.94. The molecule has 78 valence electrons. The topological polar surface area (TPSA) is 68.1 Å². The van der Waals surface area contributed by atoms with E-state index in [1.54, 1.807) is 19.2 Å². The van der Waals surface area contributed by atoms with Crippen LogP contribution in [0.1, 0.15) is 17.4 Å². The molecule has 0 spiro atoms. The fourth-order valence-corrected chi connectivity index (χ4v) is 1.19. The SMILES string of the molecule is CCOC(=O)c1cc(-c2ccc[nH]2)on1. The van der Waals surface area contributed by atoms with Crippen LogP contribution in [0.25, 0.3) is 11.5 Å². The van der Waals surface area contributed by atoms with Crippen LogP contribution in [0.4, 0.5) is 0 Å². The van der Waals surface area contributed by atoms with E-state index in [0.29, 0.717) is 12.4 Å². The van der Waals surface area contributed by atoms with Crippen molar-refractivity contribution in [2.24, 2.45) is 0 Å². The zero-order valence-corrected chi connectivity index (χ0v) is 8.19. The second-order valence-corrected chi connectivity index (χ2v) is 2.88. The van der Waals surface area contributed by atoms with Gasteiger partial charge in [0, 0.05) is 12.3 Å². The summed E-state index contributed by atoms with van der Waals surface area (Å²) in [7, 11) is 0. The molecule has 1 N–H and O–H groups in total. The zero-order valence-electron chi connectivity index (χ0n) is 8.19. The van der Waals surface area contributed by atoms with Crippen LogP contribution >= 0.6 is 0 Å². The van der Waals surface area contributed by atoms with Crippen molar-refractivity contribution >= 4 is 5.97 Å². The first-order chi connectivity index (χ1) is 7.31. The van der Waals surface area contributed by atoms with Gasteiger partial charge in [0.15, 0.2) is 11.5 Å². The third-order valence-electron chi connectivity index (χ3n) is 1.86. The third-order valence-corrected chi connectivity index (χ3v) is 1.86. The molecule has 0 atom stereocenters. The van der Waals surface area contributed by atoms with Gasteiger partial charge in [0.05, 0.1) is 12.3 Å². The highest BCUT2D eigenvalue weighted by molar-refractivity contribution is 5.88. The van der Waals surface area contributed by atoms with Gasteiger partial charge in [0.25, 0.3) is 0 Å². The van der Waals surface area contributed by atoms with E-state index in [4.69, 9.17) is 9.26 Å². The van der Waals surface area contributed by atoms with Crippen LogP contribution in [0.5, 0.6) is 0 Å². The van der Waals surface area contributed by atoms with Crippen LogP contribution in [-0.2, 0) is 4.74 Å². The summed E-state index contributed by atoms with van der Waals surface area (Å²) < 4.78 is 9.78. The first-order valence-electron chi connectivity index (χ1n) is 4.59. The van der Waals surface area contributed by atoms with Gasteiger partial charge in [-0.05, 0) is 19.1 Å². The second-order valence-electron chi connectivity index (χ2n) is 2.88. The Kier molecular flexibility index (Phi) is 2.53. The molecule has 0 aromatic carbocycles. The smallest absolute Gasteiger partial charge is 0.360 e. The average Bonchev–Trinajstić information content (AvgIpc) is 2.89. The minimum absolute atomic E-state index is 0.182. The maximum Gasteiger partial charge on any atom is 0.360 e. The Labute approximate surface area is 86.0 Å². The maximum atomic E-state index is 11.3. The van der Waals surface area contributed by atoms with Crippen molar-refractivity contribution in [2.75, 3.05) is 6.61 Å². The fraction of sp³-hybridized carbons (Fsp3) is 0.200. The predicted molar refractivity (Wildman–Crippen MR) is 52.2 cm³/mol. The van der Waals surface area contributed by atoms with Gasteiger partial charge in [-0.15, -0.1) is 0 Å². The molecule has 5 heteroatoms. The molecule has 0 bridgehead atoms. The van der Waals surface area contributed by atoms with Gasteiger partial charge in [-0.3, -0.25) is 0 Å². The van der Waals surface area contributed by atoms with Gasteiger partial charge in [0.1, 0.15) is 0 Å². The third kappa shape index (κ3) is 1.90. The van der Waals surface area contributed by atoms with E-state index in [9.17, 15) is 4.79 Å². The largest absolute Gasteiger partial charge is 0.461 e. The van der Waals surface area contributed by atoms with E-state index in [0.717, 1.165) is 5.69 Å². The number of carbonyl (C=O) groups excluding carboxylic acids is 1. The molecule has 0 aliphatic heterocycles. The highest BCUT2D eigenvalue weighted by atomic mass is 16.5. The van der Waals surface area contributed by atoms with Crippen molar-refractivity contribution < 1.29 is 14.1 Å². The molecular formula is C10H10N2O3. The summed E-state index contributed by atoms with van der Waals surface area (Å²) in [5.74, 6) is 0.0436. The van der Waals surface area contributed by atoms with Crippen LogP contribution in [0, 0.1) is 0 Å². The Hall–Kier alpha value is -2.04. The second kappa shape index (κ2) is 4.00. The Morgan fingerprint density at radius 1 is 1.67 bits per heavy atom. The van der Waals surface area contributed by atoms with Gasteiger partial charge >= 0.3 is 5.97 Å². The van der Waals surface area contributed by atoms with Crippen molar-refractivity contribution in [1.29, 1.82) is 0 Å². The molecule has 0 saturated heterocycles. The Morgan fingerprint density at radius 3 is 3.20 bits per heavy atom. The highest BCUT2D eigenvalue weighted by Crippen LogP contribution is 2.18. The summed E-state index contributed by atoms with van der Waals surface area (Å²) in [5, 5.41) is 3.62. The lowest BCUT2D eigenvalue weighted by molar-refractivity contribution is 0.0514. The molecule has 0 radical (unpaired) electrons. The number of nitrogens with one attached hydrogen (secondary N) is 1. The minimum Gasteiger partial charge on any atom is -0.461 e. The van der Waals surface area contributed by atoms with Gasteiger partial charge in [0.2, 0.25) is 0 Å². The molecule has 15 heavy (non-hydrogen) atoms. The number of carbonyl (C=O) groups is 1. The summed E-state index contributed by atoms with van der Waals surface area (Å²) in [5.41, 5.74) is 0.958.